The van der Waals surface area contributed by atoms with Gasteiger partial charge in [0.05, 0.1) is 15.6 Å². The summed E-state index contributed by atoms with van der Waals surface area (Å²) in [7, 11) is 0. The molecule has 0 atom stereocenters. The number of carbonyl (C=O) groups excluding carboxylic acids is 2. The summed E-state index contributed by atoms with van der Waals surface area (Å²) in [5.74, 6) is -0.748. The number of anilines is 1. The van der Waals surface area contributed by atoms with E-state index in [0.717, 1.165) is 0 Å². The van der Waals surface area contributed by atoms with Crippen molar-refractivity contribution >= 4 is 62.5 Å². The highest BCUT2D eigenvalue weighted by Crippen LogP contribution is 2.36. The number of halogens is 2. The van der Waals surface area contributed by atoms with Crippen molar-refractivity contribution in [2.75, 3.05) is 12.3 Å². The molecule has 2 heterocycles. The molecule has 0 aliphatic rings. The van der Waals surface area contributed by atoms with Crippen LogP contribution in [0.15, 0.2) is 24.3 Å². The van der Waals surface area contributed by atoms with Crippen LogP contribution in [0.2, 0.25) is 10.0 Å². The average molecular weight is 410 g/mol. The highest BCUT2D eigenvalue weighted by atomic mass is 35.5. The maximum absolute atomic E-state index is 12.3. The number of nitrogens with zero attached hydrogens (tertiary/aromatic N) is 2. The third kappa shape index (κ3) is 3.87. The van der Waals surface area contributed by atoms with Gasteiger partial charge < -0.3 is 16.8 Å². The van der Waals surface area contributed by atoms with Crippen LogP contribution in [-0.4, -0.2) is 28.3 Å². The van der Waals surface area contributed by atoms with E-state index in [1.54, 1.807) is 24.3 Å². The molecule has 0 saturated heterocycles. The first-order valence-corrected chi connectivity index (χ1v) is 9.01. The Bertz CT molecular complexity index is 1020. The summed E-state index contributed by atoms with van der Waals surface area (Å²) in [4.78, 5) is 32.5. The molecule has 2 aromatic heterocycles. The number of aromatic nitrogens is 2. The van der Waals surface area contributed by atoms with Crippen LogP contribution < -0.4 is 16.8 Å². The molecule has 0 unspecified atom stereocenters. The number of hydrogen-bond acceptors (Lipinski definition) is 6. The number of hydrogen-bond donors (Lipinski definition) is 3. The molecule has 7 nitrogen and oxygen atoms in total. The Kier molecular flexibility index (Phi) is 5.26. The number of benzene rings is 1. The van der Waals surface area contributed by atoms with Crippen molar-refractivity contribution in [3.8, 4) is 11.3 Å². The Morgan fingerprint density at radius 2 is 1.96 bits per heavy atom. The summed E-state index contributed by atoms with van der Waals surface area (Å²) < 4.78 is 0. The molecule has 0 aliphatic carbocycles. The SMILES string of the molecule is NC(=O)CCNC(=O)c1cc2c(-c3ccc(Cl)cc3Cl)nc(N)nc2s1. The number of carbonyl (C=O) groups is 2. The van der Waals surface area contributed by atoms with Gasteiger partial charge in [0.2, 0.25) is 11.9 Å². The van der Waals surface area contributed by atoms with Crippen molar-refractivity contribution in [3.05, 3.63) is 39.2 Å². The van der Waals surface area contributed by atoms with Gasteiger partial charge in [0, 0.05) is 28.9 Å². The molecule has 1 aromatic carbocycles. The van der Waals surface area contributed by atoms with E-state index in [1.165, 1.54) is 11.3 Å². The highest BCUT2D eigenvalue weighted by molar-refractivity contribution is 7.20. The standard InChI is InChI=1S/C16H13Cl2N5O2S/c17-7-1-2-8(10(18)5-7)13-9-6-11(14(25)21-4-3-12(19)24)26-15(9)23-16(20)22-13/h1-2,5-6H,3-4H2,(H2,19,24)(H,21,25)(H2,20,22,23). The summed E-state index contributed by atoms with van der Waals surface area (Å²) in [6, 6.07) is 6.69. The average Bonchev–Trinajstić information content (AvgIpc) is 2.97. The van der Waals surface area contributed by atoms with Crippen molar-refractivity contribution in [2.24, 2.45) is 5.73 Å². The van der Waals surface area contributed by atoms with E-state index < -0.39 is 5.91 Å². The second-order valence-corrected chi connectivity index (χ2v) is 7.23. The molecule has 0 saturated carbocycles. The van der Waals surface area contributed by atoms with Crippen molar-refractivity contribution in [1.82, 2.24) is 15.3 Å². The van der Waals surface area contributed by atoms with E-state index >= 15 is 0 Å². The molecular formula is C16H13Cl2N5O2S. The normalized spacial score (nSPS) is 10.8. The van der Waals surface area contributed by atoms with Crippen LogP contribution in [0.5, 0.6) is 0 Å². The first kappa shape index (κ1) is 18.4. The van der Waals surface area contributed by atoms with E-state index in [2.05, 4.69) is 15.3 Å². The van der Waals surface area contributed by atoms with Crippen LogP contribution in [0.3, 0.4) is 0 Å². The fourth-order valence-electron chi connectivity index (χ4n) is 2.32. The molecule has 2 amide bonds. The van der Waals surface area contributed by atoms with Crippen molar-refractivity contribution in [3.63, 3.8) is 0 Å². The lowest BCUT2D eigenvalue weighted by atomic mass is 10.1. The van der Waals surface area contributed by atoms with Gasteiger partial charge in [0.25, 0.3) is 5.91 Å². The maximum atomic E-state index is 12.3. The molecular weight excluding hydrogens is 397 g/mol. The van der Waals surface area contributed by atoms with Gasteiger partial charge in [-0.15, -0.1) is 11.3 Å². The first-order valence-electron chi connectivity index (χ1n) is 7.44. The van der Waals surface area contributed by atoms with E-state index in [9.17, 15) is 9.59 Å². The third-order valence-corrected chi connectivity index (χ3v) is 5.05. The first-order chi connectivity index (χ1) is 12.3. The topological polar surface area (TPSA) is 124 Å². The van der Waals surface area contributed by atoms with Crippen LogP contribution in [0, 0.1) is 0 Å². The monoisotopic (exact) mass is 409 g/mol. The number of nitrogens with one attached hydrogen (secondary N) is 1. The Morgan fingerprint density at radius 3 is 2.65 bits per heavy atom. The lowest BCUT2D eigenvalue weighted by molar-refractivity contribution is -0.117. The summed E-state index contributed by atoms with van der Waals surface area (Å²) in [6.07, 6.45) is 0.0645. The van der Waals surface area contributed by atoms with Crippen LogP contribution in [-0.2, 0) is 4.79 Å². The van der Waals surface area contributed by atoms with Gasteiger partial charge in [0.15, 0.2) is 0 Å². The largest absolute Gasteiger partial charge is 0.370 e. The maximum Gasteiger partial charge on any atom is 0.261 e. The third-order valence-electron chi connectivity index (χ3n) is 3.48. The zero-order valence-electron chi connectivity index (χ0n) is 13.3. The predicted octanol–water partition coefficient (Wildman–Crippen LogP) is 2.85. The molecule has 0 fully saturated rings. The quantitative estimate of drug-likeness (QED) is 0.597. The second kappa shape index (κ2) is 7.45. The number of fused-ring (bicyclic) bond motifs is 1. The fraction of sp³-hybridized carbons (Fsp3) is 0.125. The predicted molar refractivity (Wildman–Crippen MR) is 103 cm³/mol. The summed E-state index contributed by atoms with van der Waals surface area (Å²) in [6.45, 7) is 0.159. The van der Waals surface area contributed by atoms with Crippen LogP contribution in [0.25, 0.3) is 21.5 Å². The van der Waals surface area contributed by atoms with Gasteiger partial charge in [-0.1, -0.05) is 23.2 Å². The zero-order chi connectivity index (χ0) is 18.8. The smallest absolute Gasteiger partial charge is 0.261 e. The van der Waals surface area contributed by atoms with Gasteiger partial charge in [-0.3, -0.25) is 9.59 Å². The Balaban J connectivity index is 2.01. The minimum Gasteiger partial charge on any atom is -0.370 e. The van der Waals surface area contributed by atoms with Crippen LogP contribution in [0.1, 0.15) is 16.1 Å². The number of amides is 2. The molecule has 134 valence electrons. The lowest BCUT2D eigenvalue weighted by Crippen LogP contribution is -2.27. The van der Waals surface area contributed by atoms with E-state index in [-0.39, 0.29) is 24.8 Å². The van der Waals surface area contributed by atoms with E-state index in [0.29, 0.717) is 36.4 Å². The molecule has 3 aromatic rings. The van der Waals surface area contributed by atoms with Crippen molar-refractivity contribution < 1.29 is 9.59 Å². The Hall–Kier alpha value is -2.42. The number of nitrogen functional groups attached to an aromatic ring is 1. The van der Waals surface area contributed by atoms with Gasteiger partial charge >= 0.3 is 0 Å². The van der Waals surface area contributed by atoms with Gasteiger partial charge in [0.1, 0.15) is 4.83 Å². The van der Waals surface area contributed by atoms with Crippen LogP contribution in [0.4, 0.5) is 5.95 Å². The number of thiophene rings is 1. The molecule has 26 heavy (non-hydrogen) atoms. The molecule has 0 spiro atoms. The summed E-state index contributed by atoms with van der Waals surface area (Å²) in [5, 5.41) is 4.19. The molecule has 10 heteroatoms. The molecule has 0 bridgehead atoms. The number of primary amides is 1. The molecule has 3 rings (SSSR count). The Labute approximate surface area is 162 Å². The minimum atomic E-state index is -0.486. The molecule has 0 aliphatic heterocycles. The molecule has 5 N–H and O–H groups in total. The molecule has 0 radical (unpaired) electrons. The Morgan fingerprint density at radius 1 is 1.19 bits per heavy atom. The minimum absolute atomic E-state index is 0.0645. The van der Waals surface area contributed by atoms with Crippen molar-refractivity contribution in [2.45, 2.75) is 6.42 Å². The van der Waals surface area contributed by atoms with Crippen molar-refractivity contribution in [1.29, 1.82) is 0 Å². The van der Waals surface area contributed by atoms with E-state index in [1.807, 2.05) is 0 Å². The van der Waals surface area contributed by atoms with E-state index in [4.69, 9.17) is 34.7 Å². The lowest BCUT2D eigenvalue weighted by Gasteiger charge is -2.06. The van der Waals surface area contributed by atoms with Gasteiger partial charge in [-0.25, -0.2) is 9.97 Å². The summed E-state index contributed by atoms with van der Waals surface area (Å²) in [5.41, 5.74) is 12.0. The zero-order valence-corrected chi connectivity index (χ0v) is 15.6. The van der Waals surface area contributed by atoms with Crippen LogP contribution >= 0.6 is 34.5 Å². The van der Waals surface area contributed by atoms with Gasteiger partial charge in [-0.2, -0.15) is 0 Å². The number of nitrogens with two attached hydrogens (primary N) is 2. The fourth-order valence-corrected chi connectivity index (χ4v) is 3.78. The highest BCUT2D eigenvalue weighted by Gasteiger charge is 2.18. The second-order valence-electron chi connectivity index (χ2n) is 5.36. The van der Waals surface area contributed by atoms with Gasteiger partial charge in [-0.05, 0) is 24.3 Å². The summed E-state index contributed by atoms with van der Waals surface area (Å²) >= 11 is 13.4. The number of rotatable bonds is 5.